The van der Waals surface area contributed by atoms with E-state index in [1.165, 1.54) is 25.7 Å². The molecule has 2 N–H and O–H groups in total. The fourth-order valence-electron chi connectivity index (χ4n) is 2.93. The van der Waals surface area contributed by atoms with Crippen molar-refractivity contribution in [3.63, 3.8) is 0 Å². The Labute approximate surface area is 118 Å². The van der Waals surface area contributed by atoms with Crippen molar-refractivity contribution >= 4 is 17.4 Å². The van der Waals surface area contributed by atoms with Gasteiger partial charge in [0.1, 0.15) is 17.3 Å². The first-order valence-corrected chi connectivity index (χ1v) is 7.12. The highest BCUT2D eigenvalue weighted by Gasteiger charge is 2.24. The summed E-state index contributed by atoms with van der Waals surface area (Å²) in [4.78, 5) is 4.78. The second-order valence-electron chi connectivity index (χ2n) is 5.25. The summed E-state index contributed by atoms with van der Waals surface area (Å²) in [6, 6.07) is 7.71. The molecule has 0 aliphatic heterocycles. The molecule has 1 aliphatic carbocycles. The number of halogens is 1. The molecule has 0 amide bonds. The Kier molecular flexibility index (Phi) is 3.23. The maximum absolute atomic E-state index is 6.21. The van der Waals surface area contributed by atoms with Crippen molar-refractivity contribution in [1.29, 1.82) is 0 Å². The van der Waals surface area contributed by atoms with Crippen molar-refractivity contribution in [2.45, 2.75) is 31.6 Å². The molecule has 1 saturated carbocycles. The highest BCUT2D eigenvalue weighted by atomic mass is 35.5. The van der Waals surface area contributed by atoms with Gasteiger partial charge >= 0.3 is 0 Å². The van der Waals surface area contributed by atoms with E-state index in [0.29, 0.717) is 10.9 Å². The van der Waals surface area contributed by atoms with Crippen molar-refractivity contribution in [1.82, 2.24) is 9.55 Å². The van der Waals surface area contributed by atoms with Gasteiger partial charge in [0.2, 0.25) is 0 Å². The number of anilines is 1. The molecule has 0 atom stereocenters. The van der Waals surface area contributed by atoms with E-state index < -0.39 is 0 Å². The summed E-state index contributed by atoms with van der Waals surface area (Å²) in [5.41, 5.74) is 8.05. The minimum Gasteiger partial charge on any atom is -0.383 e. The minimum atomic E-state index is 0.556. The van der Waals surface area contributed by atoms with Crippen LogP contribution in [0.15, 0.2) is 24.3 Å². The summed E-state index contributed by atoms with van der Waals surface area (Å²) in [5.74, 6) is 2.40. The molecule has 3 nitrogen and oxygen atoms in total. The topological polar surface area (TPSA) is 43.8 Å². The molecular weight excluding hydrogens is 258 g/mol. The third kappa shape index (κ3) is 2.23. The molecule has 0 saturated heterocycles. The third-order valence-corrected chi connectivity index (χ3v) is 4.23. The van der Waals surface area contributed by atoms with Crippen LogP contribution in [-0.2, 0) is 7.05 Å². The van der Waals surface area contributed by atoms with Crippen molar-refractivity contribution in [3.8, 4) is 11.3 Å². The lowest BCUT2D eigenvalue weighted by Gasteiger charge is -2.08. The Hall–Kier alpha value is -1.48. The van der Waals surface area contributed by atoms with Gasteiger partial charge in [-0.05, 0) is 25.0 Å². The van der Waals surface area contributed by atoms with Gasteiger partial charge < -0.3 is 10.3 Å². The molecule has 0 bridgehead atoms. The predicted octanol–water partition coefficient (Wildman–Crippen LogP) is 3.98. The molecule has 2 aromatic rings. The SMILES string of the molecule is Cn1c(C2CCCC2)nc(-c2cccc(Cl)c2)c1N. The molecule has 0 radical (unpaired) electrons. The zero-order chi connectivity index (χ0) is 13.4. The molecular formula is C15H18ClN3. The van der Waals surface area contributed by atoms with Crippen LogP contribution in [0.1, 0.15) is 37.4 Å². The fraction of sp³-hybridized carbons (Fsp3) is 0.400. The second-order valence-corrected chi connectivity index (χ2v) is 5.69. The summed E-state index contributed by atoms with van der Waals surface area (Å²) in [6.07, 6.45) is 5.03. The smallest absolute Gasteiger partial charge is 0.131 e. The van der Waals surface area contributed by atoms with Crippen LogP contribution in [0.5, 0.6) is 0 Å². The molecule has 4 heteroatoms. The van der Waals surface area contributed by atoms with E-state index in [2.05, 4.69) is 0 Å². The number of nitrogens with two attached hydrogens (primary N) is 1. The summed E-state index contributed by atoms with van der Waals surface area (Å²) < 4.78 is 2.03. The zero-order valence-corrected chi connectivity index (χ0v) is 11.8. The molecule has 100 valence electrons. The largest absolute Gasteiger partial charge is 0.383 e. The number of nitrogen functional groups attached to an aromatic ring is 1. The van der Waals surface area contributed by atoms with Crippen LogP contribution in [0.25, 0.3) is 11.3 Å². The van der Waals surface area contributed by atoms with E-state index in [-0.39, 0.29) is 0 Å². The summed E-state index contributed by atoms with van der Waals surface area (Å²) in [5, 5.41) is 0.713. The Balaban J connectivity index is 2.05. The van der Waals surface area contributed by atoms with Gasteiger partial charge in [0.05, 0.1) is 0 Å². The summed E-state index contributed by atoms with van der Waals surface area (Å²) >= 11 is 6.05. The Bertz CT molecular complexity index is 597. The van der Waals surface area contributed by atoms with Gasteiger partial charge in [-0.2, -0.15) is 0 Å². The van der Waals surface area contributed by atoms with Crippen LogP contribution >= 0.6 is 11.6 Å². The van der Waals surface area contributed by atoms with Crippen molar-refractivity contribution in [2.75, 3.05) is 5.73 Å². The number of hydrogen-bond acceptors (Lipinski definition) is 2. The Morgan fingerprint density at radius 1 is 1.32 bits per heavy atom. The molecule has 19 heavy (non-hydrogen) atoms. The maximum atomic E-state index is 6.21. The standard InChI is InChI=1S/C15H18ClN3/c1-19-14(17)13(11-7-4-8-12(16)9-11)18-15(19)10-5-2-3-6-10/h4,7-10H,2-3,5-6,17H2,1H3. The molecule has 3 rings (SSSR count). The van der Waals surface area contributed by atoms with Crippen LogP contribution < -0.4 is 5.73 Å². The number of aromatic nitrogens is 2. The van der Waals surface area contributed by atoms with Crippen molar-refractivity contribution in [2.24, 2.45) is 7.05 Å². The fourth-order valence-corrected chi connectivity index (χ4v) is 3.12. The lowest BCUT2D eigenvalue weighted by molar-refractivity contribution is 0.635. The molecule has 1 aliphatic rings. The van der Waals surface area contributed by atoms with E-state index >= 15 is 0 Å². The van der Waals surface area contributed by atoms with Gasteiger partial charge in [-0.3, -0.25) is 0 Å². The molecule has 1 heterocycles. The van der Waals surface area contributed by atoms with E-state index in [9.17, 15) is 0 Å². The second kappa shape index (κ2) is 4.89. The maximum Gasteiger partial charge on any atom is 0.131 e. The Morgan fingerprint density at radius 2 is 2.05 bits per heavy atom. The lowest BCUT2D eigenvalue weighted by atomic mass is 10.1. The van der Waals surface area contributed by atoms with Gasteiger partial charge in [0, 0.05) is 23.6 Å². The quantitative estimate of drug-likeness (QED) is 0.901. The van der Waals surface area contributed by atoms with Gasteiger partial charge in [-0.1, -0.05) is 36.6 Å². The molecule has 1 fully saturated rings. The third-order valence-electron chi connectivity index (χ3n) is 3.99. The first-order valence-electron chi connectivity index (χ1n) is 6.75. The van der Waals surface area contributed by atoms with Gasteiger partial charge in [-0.15, -0.1) is 0 Å². The lowest BCUT2D eigenvalue weighted by Crippen LogP contribution is -2.05. The number of rotatable bonds is 2. The van der Waals surface area contributed by atoms with Crippen LogP contribution in [-0.4, -0.2) is 9.55 Å². The average molecular weight is 276 g/mol. The van der Waals surface area contributed by atoms with Crippen LogP contribution in [0.2, 0.25) is 5.02 Å². The van der Waals surface area contributed by atoms with Crippen LogP contribution in [0.3, 0.4) is 0 Å². The minimum absolute atomic E-state index is 0.556. The van der Waals surface area contributed by atoms with Gasteiger partial charge in [0.15, 0.2) is 0 Å². The highest BCUT2D eigenvalue weighted by molar-refractivity contribution is 6.30. The molecule has 0 spiro atoms. The van der Waals surface area contributed by atoms with Crippen LogP contribution in [0, 0.1) is 0 Å². The number of benzene rings is 1. The predicted molar refractivity (Wildman–Crippen MR) is 79.3 cm³/mol. The number of hydrogen-bond donors (Lipinski definition) is 1. The number of nitrogens with zero attached hydrogens (tertiary/aromatic N) is 2. The van der Waals surface area contributed by atoms with Crippen LogP contribution in [0.4, 0.5) is 5.82 Å². The van der Waals surface area contributed by atoms with Gasteiger partial charge in [0.25, 0.3) is 0 Å². The van der Waals surface area contributed by atoms with Gasteiger partial charge in [-0.25, -0.2) is 4.98 Å². The zero-order valence-electron chi connectivity index (χ0n) is 11.1. The average Bonchev–Trinajstić information content (AvgIpc) is 3.00. The number of imidazole rings is 1. The molecule has 1 aromatic heterocycles. The monoisotopic (exact) mass is 275 g/mol. The highest BCUT2D eigenvalue weighted by Crippen LogP contribution is 2.37. The van der Waals surface area contributed by atoms with E-state index in [0.717, 1.165) is 22.9 Å². The normalized spacial score (nSPS) is 16.1. The summed E-state index contributed by atoms with van der Waals surface area (Å²) in [7, 11) is 2.00. The van der Waals surface area contributed by atoms with E-state index in [1.807, 2.05) is 35.9 Å². The van der Waals surface area contributed by atoms with Crippen molar-refractivity contribution in [3.05, 3.63) is 35.1 Å². The van der Waals surface area contributed by atoms with Crippen molar-refractivity contribution < 1.29 is 0 Å². The Morgan fingerprint density at radius 3 is 2.74 bits per heavy atom. The molecule has 0 unspecified atom stereocenters. The first-order chi connectivity index (χ1) is 9.16. The molecule has 1 aromatic carbocycles. The first kappa shape index (κ1) is 12.5. The summed E-state index contributed by atoms with van der Waals surface area (Å²) in [6.45, 7) is 0. The van der Waals surface area contributed by atoms with E-state index in [1.54, 1.807) is 0 Å². The van der Waals surface area contributed by atoms with E-state index in [4.69, 9.17) is 22.3 Å².